The molecule has 0 aliphatic carbocycles. The van der Waals surface area contributed by atoms with Gasteiger partial charge in [0.15, 0.2) is 11.5 Å². The molecule has 0 radical (unpaired) electrons. The molecular weight excluding hydrogens is 977 g/mol. The van der Waals surface area contributed by atoms with Gasteiger partial charge in [-0.25, -0.2) is 15.0 Å². The smallest absolute Gasteiger partial charge is 0.222 e. The Labute approximate surface area is 460 Å². The number of aromatic nitrogens is 8. The lowest BCUT2D eigenvalue weighted by atomic mass is 9.74. The van der Waals surface area contributed by atoms with Crippen molar-refractivity contribution in [2.75, 3.05) is 0 Å². The van der Waals surface area contributed by atoms with Gasteiger partial charge in [-0.05, 0) is 133 Å². The van der Waals surface area contributed by atoms with Crippen LogP contribution in [0.4, 0.5) is 0 Å². The Morgan fingerprint density at radius 3 is 1.14 bits per heavy atom. The van der Waals surface area contributed by atoms with Crippen LogP contribution in [0.5, 0.6) is 0 Å². The highest BCUT2D eigenvalue weighted by Crippen LogP contribution is 2.56. The summed E-state index contributed by atoms with van der Waals surface area (Å²) in [5.74, 6) is 2.18. The Morgan fingerprint density at radius 1 is 0.250 bits per heavy atom. The number of nitrogens with zero attached hydrogens (tertiary/aromatic N) is 8. The highest BCUT2D eigenvalue weighted by Gasteiger charge is 2.30. The molecule has 8 heteroatoms. The minimum absolute atomic E-state index is 0.591. The van der Waals surface area contributed by atoms with E-state index in [4.69, 9.17) is 19.9 Å². The molecule has 8 nitrogen and oxygen atoms in total. The van der Waals surface area contributed by atoms with Crippen LogP contribution >= 0.6 is 0 Å². The van der Waals surface area contributed by atoms with E-state index in [1.54, 1.807) is 0 Å². The van der Waals surface area contributed by atoms with Crippen LogP contribution in [0.3, 0.4) is 0 Å². The number of hydrogen-bond acceptors (Lipinski definition) is 4. The van der Waals surface area contributed by atoms with Crippen LogP contribution in [-0.4, -0.2) is 37.9 Å². The topological polar surface area (TPSA) is 70.2 Å². The van der Waals surface area contributed by atoms with E-state index in [-0.39, 0.29) is 0 Å². The number of fused-ring (bicyclic) bond motifs is 10. The van der Waals surface area contributed by atoms with Crippen molar-refractivity contribution in [3.63, 3.8) is 0 Å². The third-order valence-corrected chi connectivity index (χ3v) is 15.6. The third-order valence-electron chi connectivity index (χ3n) is 15.6. The van der Waals surface area contributed by atoms with Crippen LogP contribution in [0.1, 0.15) is 0 Å². The summed E-state index contributed by atoms with van der Waals surface area (Å²) in [5.41, 5.74) is 24.1. The van der Waals surface area contributed by atoms with Gasteiger partial charge < -0.3 is 0 Å². The molecule has 0 fully saturated rings. The van der Waals surface area contributed by atoms with Crippen molar-refractivity contribution in [1.82, 2.24) is 37.9 Å². The molecule has 16 rings (SSSR count). The molecule has 0 saturated carbocycles. The Morgan fingerprint density at radius 2 is 0.637 bits per heavy atom. The number of imidazole rings is 4. The predicted octanol–water partition coefficient (Wildman–Crippen LogP) is 17.6. The van der Waals surface area contributed by atoms with Crippen LogP contribution in [0.15, 0.2) is 279 Å². The first kappa shape index (κ1) is 45.3. The monoisotopic (exact) mass is 1020 g/mol. The maximum Gasteiger partial charge on any atom is 0.222 e. The van der Waals surface area contributed by atoms with E-state index < -0.39 is 0 Å². The minimum Gasteiger partial charge on any atom is -0.278 e. The van der Waals surface area contributed by atoms with E-state index in [0.717, 1.165) is 117 Å². The molecular formula is C72H46N8. The van der Waals surface area contributed by atoms with Gasteiger partial charge in [-0.3, -0.25) is 17.9 Å². The summed E-state index contributed by atoms with van der Waals surface area (Å²) in [4.78, 5) is 20.8. The average Bonchev–Trinajstić information content (AvgIpc) is 4.10. The Balaban J connectivity index is 0.927. The van der Waals surface area contributed by atoms with Gasteiger partial charge in [0.1, 0.15) is 5.52 Å². The zero-order valence-electron chi connectivity index (χ0n) is 43.1. The predicted molar refractivity (Wildman–Crippen MR) is 326 cm³/mol. The molecule has 0 spiro atoms. The van der Waals surface area contributed by atoms with E-state index in [0.29, 0.717) is 11.5 Å². The third kappa shape index (κ3) is 7.09. The molecule has 0 bridgehead atoms. The van der Waals surface area contributed by atoms with E-state index in [9.17, 15) is 0 Å². The summed E-state index contributed by atoms with van der Waals surface area (Å²) < 4.78 is 8.93. The molecule has 0 aliphatic rings. The van der Waals surface area contributed by atoms with Gasteiger partial charge in [0, 0.05) is 16.9 Å². The van der Waals surface area contributed by atoms with E-state index in [1.165, 1.54) is 16.7 Å². The standard InChI is InChI=1S/C72H46N8/c1-7-24-47(25-8-1)63-64(48-26-9-2-10-27-48)66(50-30-13-4-14-31-50)68(67(51-32-15-5-16-33-51)65(63)49-28-11-3-12-29-49)52-34-23-37-55(44-52)78-58-39-20-21-40-59(58)79-61-45-53(42-43-56(61)74-71(78)79)69-73-46-62-70(75-69)76-72-77(54-35-17-6-18-36-54)57-38-19-22-41-60(57)80(62)72/h1-46H. The van der Waals surface area contributed by atoms with Gasteiger partial charge in [-0.15, -0.1) is 0 Å². The lowest BCUT2D eigenvalue weighted by molar-refractivity contribution is 1.11. The largest absolute Gasteiger partial charge is 0.278 e. The van der Waals surface area contributed by atoms with Gasteiger partial charge in [0.2, 0.25) is 11.6 Å². The van der Waals surface area contributed by atoms with Gasteiger partial charge >= 0.3 is 0 Å². The van der Waals surface area contributed by atoms with Crippen LogP contribution in [-0.2, 0) is 0 Å². The molecule has 374 valence electrons. The van der Waals surface area contributed by atoms with Crippen LogP contribution in [0.2, 0.25) is 0 Å². The first-order valence-corrected chi connectivity index (χ1v) is 27.0. The molecule has 5 heterocycles. The fourth-order valence-corrected chi connectivity index (χ4v) is 12.3. The zero-order chi connectivity index (χ0) is 52.7. The number of rotatable bonds is 9. The Hall–Kier alpha value is -11.0. The molecule has 16 aromatic rings. The summed E-state index contributed by atoms with van der Waals surface area (Å²) in [6.45, 7) is 0. The van der Waals surface area contributed by atoms with Gasteiger partial charge in [0.05, 0.1) is 39.3 Å². The first-order valence-electron chi connectivity index (χ1n) is 27.0. The second kappa shape index (κ2) is 18.4. The summed E-state index contributed by atoms with van der Waals surface area (Å²) in [6.07, 6.45) is 1.90. The molecule has 0 amide bonds. The second-order valence-electron chi connectivity index (χ2n) is 20.2. The van der Waals surface area contributed by atoms with E-state index in [2.05, 4.69) is 285 Å². The lowest BCUT2D eigenvalue weighted by Gasteiger charge is -2.29. The van der Waals surface area contributed by atoms with Crippen molar-refractivity contribution >= 4 is 55.8 Å². The summed E-state index contributed by atoms with van der Waals surface area (Å²) in [6, 6.07) is 97.4. The van der Waals surface area contributed by atoms with Gasteiger partial charge in [-0.2, -0.15) is 4.98 Å². The molecule has 5 aromatic heterocycles. The van der Waals surface area contributed by atoms with Crippen molar-refractivity contribution in [2.45, 2.75) is 0 Å². The summed E-state index contributed by atoms with van der Waals surface area (Å²) in [7, 11) is 0. The minimum atomic E-state index is 0.591. The van der Waals surface area contributed by atoms with Gasteiger partial charge in [-0.1, -0.05) is 206 Å². The maximum atomic E-state index is 5.45. The van der Waals surface area contributed by atoms with Crippen molar-refractivity contribution < 1.29 is 0 Å². The van der Waals surface area contributed by atoms with Crippen LogP contribution < -0.4 is 0 Å². The quantitative estimate of drug-likeness (QED) is 0.144. The van der Waals surface area contributed by atoms with Crippen molar-refractivity contribution in [3.8, 4) is 89.5 Å². The van der Waals surface area contributed by atoms with E-state index >= 15 is 0 Å². The van der Waals surface area contributed by atoms with Crippen molar-refractivity contribution in [1.29, 1.82) is 0 Å². The molecule has 0 aliphatic heterocycles. The fraction of sp³-hybridized carbons (Fsp3) is 0. The second-order valence-corrected chi connectivity index (χ2v) is 20.2. The van der Waals surface area contributed by atoms with Gasteiger partial charge in [0.25, 0.3) is 0 Å². The SMILES string of the molecule is c1ccc(-c2c(-c3ccccc3)c(-c3ccccc3)c(-c3cccc(-n4c5ccccc5n5c6cc(-c7ncc8c(n7)nc7n(-c9ccccc9)c9ccccc9n87)ccc6nc45)c3)c(-c3ccccc3)c2-c2ccccc2)cc1. The van der Waals surface area contributed by atoms with Crippen molar-refractivity contribution in [3.05, 3.63) is 279 Å². The molecule has 80 heavy (non-hydrogen) atoms. The van der Waals surface area contributed by atoms with Crippen LogP contribution in [0, 0.1) is 0 Å². The Kier molecular flexibility index (Phi) is 10.4. The highest BCUT2D eigenvalue weighted by molar-refractivity contribution is 6.15. The maximum absolute atomic E-state index is 5.45. The average molecular weight is 1020 g/mol. The zero-order valence-corrected chi connectivity index (χ0v) is 43.1. The number of para-hydroxylation sites is 5. The molecule has 0 unspecified atom stereocenters. The molecule has 11 aromatic carbocycles. The highest BCUT2D eigenvalue weighted by atomic mass is 15.2. The lowest BCUT2D eigenvalue weighted by Crippen LogP contribution is -2.02. The number of hydrogen-bond donors (Lipinski definition) is 0. The summed E-state index contributed by atoms with van der Waals surface area (Å²) in [5, 5.41) is 0. The molecule has 0 N–H and O–H groups in total. The fourth-order valence-electron chi connectivity index (χ4n) is 12.3. The van der Waals surface area contributed by atoms with Crippen molar-refractivity contribution in [2.24, 2.45) is 0 Å². The van der Waals surface area contributed by atoms with Crippen LogP contribution in [0.25, 0.3) is 145 Å². The molecule has 0 saturated heterocycles. The normalized spacial score (nSPS) is 11.8. The van der Waals surface area contributed by atoms with E-state index in [1.807, 2.05) is 12.3 Å². The number of benzene rings is 11. The first-order chi connectivity index (χ1) is 39.7. The molecule has 0 atom stereocenters. The summed E-state index contributed by atoms with van der Waals surface area (Å²) >= 11 is 0. The Bertz CT molecular complexity index is 4920.